The van der Waals surface area contributed by atoms with Gasteiger partial charge in [-0.25, -0.2) is 0 Å². The van der Waals surface area contributed by atoms with Crippen LogP contribution in [0.1, 0.15) is 96.8 Å². The molecule has 0 fully saturated rings. The molecule has 0 saturated heterocycles. The molecule has 0 N–H and O–H groups in total. The minimum absolute atomic E-state index is 0.387. The van der Waals surface area contributed by atoms with E-state index < -0.39 is 0 Å². The molecule has 0 radical (unpaired) electrons. The molecule has 20 heavy (non-hydrogen) atoms. The molecule has 3 nitrogen and oxygen atoms in total. The maximum Gasteiger partial charge on any atom is 0.230 e. The molecule has 0 aliphatic carbocycles. The smallest absolute Gasteiger partial charge is 0.230 e. The topological polar surface area (TPSA) is 43.1 Å². The third kappa shape index (κ3) is 17.1. The monoisotopic (exact) mass is 283 g/mol. The number of nitrogens with zero attached hydrogens (tertiary/aromatic N) is 1. The van der Waals surface area contributed by atoms with E-state index >= 15 is 0 Å². The first-order valence-corrected chi connectivity index (χ1v) is 8.57. The lowest BCUT2D eigenvalue weighted by molar-refractivity contribution is -0.402. The second kappa shape index (κ2) is 16.2. The van der Waals surface area contributed by atoms with Crippen LogP contribution in [0.2, 0.25) is 0 Å². The lowest BCUT2D eigenvalue weighted by Crippen LogP contribution is -1.84. The van der Waals surface area contributed by atoms with E-state index in [2.05, 4.69) is 6.92 Å². The summed E-state index contributed by atoms with van der Waals surface area (Å²) in [5.74, 6) is 0. The predicted molar refractivity (Wildman–Crippen MR) is 86.4 cm³/mol. The van der Waals surface area contributed by atoms with Gasteiger partial charge in [-0.2, -0.15) is 0 Å². The third-order valence-electron chi connectivity index (χ3n) is 3.70. The molecule has 0 aromatic heterocycles. The standard InChI is InChI=1S/C17H33NO2/c1-2-3-4-5-6-7-8-9-10-11-12-13-14-15-16-17-18(19)20/h16-17H,2-15H2,1H3/b17-16+. The molecule has 0 aromatic carbocycles. The average Bonchev–Trinajstić information content (AvgIpc) is 2.43. The van der Waals surface area contributed by atoms with E-state index in [1.807, 2.05) is 0 Å². The Morgan fingerprint density at radius 3 is 1.55 bits per heavy atom. The highest BCUT2D eigenvalue weighted by Crippen LogP contribution is 2.12. The van der Waals surface area contributed by atoms with Crippen LogP contribution in [0.3, 0.4) is 0 Å². The molecule has 0 saturated carbocycles. The maximum atomic E-state index is 10.1. The molecule has 0 aromatic rings. The van der Waals surface area contributed by atoms with E-state index in [0.717, 1.165) is 19.0 Å². The molecule has 0 aliphatic rings. The molecular formula is C17H33NO2. The lowest BCUT2D eigenvalue weighted by Gasteiger charge is -2.02. The second-order valence-corrected chi connectivity index (χ2v) is 5.70. The molecule has 0 aliphatic heterocycles. The summed E-state index contributed by atoms with van der Waals surface area (Å²) in [7, 11) is 0. The van der Waals surface area contributed by atoms with Crippen molar-refractivity contribution >= 4 is 0 Å². The Labute approximate surface area is 125 Å². The first-order chi connectivity index (χ1) is 9.77. The van der Waals surface area contributed by atoms with Crippen LogP contribution in [0.4, 0.5) is 0 Å². The van der Waals surface area contributed by atoms with Crippen LogP contribution >= 0.6 is 0 Å². The summed E-state index contributed by atoms with van der Waals surface area (Å²) in [4.78, 5) is 9.67. The zero-order chi connectivity index (χ0) is 14.9. The second-order valence-electron chi connectivity index (χ2n) is 5.70. The highest BCUT2D eigenvalue weighted by atomic mass is 16.6. The van der Waals surface area contributed by atoms with Gasteiger partial charge in [0.15, 0.2) is 0 Å². The molecular weight excluding hydrogens is 250 g/mol. The molecule has 0 bridgehead atoms. The van der Waals surface area contributed by atoms with Crippen molar-refractivity contribution in [3.63, 3.8) is 0 Å². The third-order valence-corrected chi connectivity index (χ3v) is 3.70. The van der Waals surface area contributed by atoms with Crippen molar-refractivity contribution in [1.29, 1.82) is 0 Å². The van der Waals surface area contributed by atoms with Crippen molar-refractivity contribution in [2.24, 2.45) is 0 Å². The molecule has 3 heteroatoms. The summed E-state index contributed by atoms with van der Waals surface area (Å²) in [6.45, 7) is 2.26. The van der Waals surface area contributed by atoms with Crippen molar-refractivity contribution in [3.05, 3.63) is 22.4 Å². The number of unbranched alkanes of at least 4 members (excludes halogenated alkanes) is 13. The summed E-state index contributed by atoms with van der Waals surface area (Å²) >= 11 is 0. The van der Waals surface area contributed by atoms with Crippen LogP contribution in [0.15, 0.2) is 12.3 Å². The number of allylic oxidation sites excluding steroid dienone is 1. The Bertz CT molecular complexity index is 239. The fourth-order valence-corrected chi connectivity index (χ4v) is 2.44. The average molecular weight is 283 g/mol. The van der Waals surface area contributed by atoms with E-state index in [9.17, 15) is 10.1 Å². The number of hydrogen-bond acceptors (Lipinski definition) is 2. The van der Waals surface area contributed by atoms with Crippen LogP contribution < -0.4 is 0 Å². The van der Waals surface area contributed by atoms with Gasteiger partial charge >= 0.3 is 0 Å². The number of hydrogen-bond donors (Lipinski definition) is 0. The van der Waals surface area contributed by atoms with Crippen molar-refractivity contribution in [2.45, 2.75) is 96.8 Å². The maximum absolute atomic E-state index is 10.1. The Morgan fingerprint density at radius 1 is 0.750 bits per heavy atom. The molecule has 0 atom stereocenters. The Balaban J connectivity index is 3.01. The quantitative estimate of drug-likeness (QED) is 0.202. The van der Waals surface area contributed by atoms with Gasteiger partial charge in [0.2, 0.25) is 6.20 Å². The van der Waals surface area contributed by atoms with Crippen molar-refractivity contribution in [1.82, 2.24) is 0 Å². The van der Waals surface area contributed by atoms with Gasteiger partial charge in [0, 0.05) is 0 Å². The van der Waals surface area contributed by atoms with Gasteiger partial charge in [-0.1, -0.05) is 84.0 Å². The predicted octanol–water partition coefficient (Wildman–Crippen LogP) is 6.26. The number of nitro groups is 1. The van der Waals surface area contributed by atoms with Gasteiger partial charge in [-0.15, -0.1) is 0 Å². The summed E-state index contributed by atoms with van der Waals surface area (Å²) in [5.41, 5.74) is 0. The molecule has 118 valence electrons. The Hall–Kier alpha value is -0.860. The van der Waals surface area contributed by atoms with Crippen LogP contribution in [-0.2, 0) is 0 Å². The first-order valence-electron chi connectivity index (χ1n) is 8.57. The molecule has 0 unspecified atom stereocenters. The van der Waals surface area contributed by atoms with Crippen molar-refractivity contribution in [2.75, 3.05) is 0 Å². The lowest BCUT2D eigenvalue weighted by atomic mass is 10.0. The van der Waals surface area contributed by atoms with Gasteiger partial charge in [-0.3, -0.25) is 10.1 Å². The summed E-state index contributed by atoms with van der Waals surface area (Å²) in [6, 6.07) is 0. The largest absolute Gasteiger partial charge is 0.259 e. The Morgan fingerprint density at radius 2 is 1.15 bits per heavy atom. The van der Waals surface area contributed by atoms with E-state index in [0.29, 0.717) is 0 Å². The van der Waals surface area contributed by atoms with Gasteiger partial charge in [0.1, 0.15) is 0 Å². The van der Waals surface area contributed by atoms with E-state index in [1.54, 1.807) is 6.08 Å². The van der Waals surface area contributed by atoms with Crippen molar-refractivity contribution < 1.29 is 4.92 Å². The van der Waals surface area contributed by atoms with Crippen molar-refractivity contribution in [3.8, 4) is 0 Å². The van der Waals surface area contributed by atoms with Crippen LogP contribution in [0.5, 0.6) is 0 Å². The fourth-order valence-electron chi connectivity index (χ4n) is 2.44. The fraction of sp³-hybridized carbons (Fsp3) is 0.882. The minimum atomic E-state index is -0.387. The van der Waals surface area contributed by atoms with E-state index in [4.69, 9.17) is 0 Å². The van der Waals surface area contributed by atoms with E-state index in [-0.39, 0.29) is 4.92 Å². The first kappa shape index (κ1) is 19.1. The van der Waals surface area contributed by atoms with Gasteiger partial charge in [0.25, 0.3) is 0 Å². The number of rotatable bonds is 15. The highest BCUT2D eigenvalue weighted by Gasteiger charge is 1.93. The molecule has 0 rings (SSSR count). The summed E-state index contributed by atoms with van der Waals surface area (Å²) < 4.78 is 0. The summed E-state index contributed by atoms with van der Waals surface area (Å²) in [5, 5.41) is 10.1. The zero-order valence-electron chi connectivity index (χ0n) is 13.3. The Kier molecular flexibility index (Phi) is 15.5. The highest BCUT2D eigenvalue weighted by molar-refractivity contribution is 4.71. The van der Waals surface area contributed by atoms with Crippen LogP contribution in [0.25, 0.3) is 0 Å². The normalized spacial score (nSPS) is 11.2. The van der Waals surface area contributed by atoms with Crippen LogP contribution in [-0.4, -0.2) is 4.92 Å². The van der Waals surface area contributed by atoms with E-state index in [1.165, 1.54) is 77.0 Å². The molecule has 0 spiro atoms. The van der Waals surface area contributed by atoms with Crippen LogP contribution in [0, 0.1) is 10.1 Å². The van der Waals surface area contributed by atoms with Gasteiger partial charge in [0.05, 0.1) is 4.92 Å². The molecule has 0 amide bonds. The van der Waals surface area contributed by atoms with Gasteiger partial charge in [-0.05, 0) is 18.9 Å². The summed E-state index contributed by atoms with van der Waals surface area (Å²) in [6.07, 6.45) is 21.0. The zero-order valence-corrected chi connectivity index (χ0v) is 13.3. The van der Waals surface area contributed by atoms with Gasteiger partial charge < -0.3 is 0 Å². The minimum Gasteiger partial charge on any atom is -0.259 e. The SMILES string of the molecule is CCCCCCCCCCCCCCC/C=C/[N+](=O)[O-]. The molecule has 0 heterocycles.